The molecule has 0 radical (unpaired) electrons. The molecule has 0 N–H and O–H groups in total. The second-order valence-corrected chi connectivity index (χ2v) is 4.54. The molecule has 1 fully saturated rings. The number of hydrogen-bond donors (Lipinski definition) is 0. The smallest absolute Gasteiger partial charge is 0.225 e. The minimum atomic E-state index is 0.383. The number of hydrogen-bond acceptors (Lipinski definition) is 5. The summed E-state index contributed by atoms with van der Waals surface area (Å²) >= 11 is 1.47. The first-order valence-corrected chi connectivity index (χ1v) is 5.79. The lowest BCUT2D eigenvalue weighted by Gasteiger charge is -2.24. The molecule has 0 aromatic carbocycles. The van der Waals surface area contributed by atoms with Crippen LogP contribution in [0.1, 0.15) is 17.7 Å². The number of likely N-dealkylation sites (tertiary alicyclic amines) is 1. The van der Waals surface area contributed by atoms with E-state index in [0.717, 1.165) is 19.6 Å². The topological polar surface area (TPSA) is 42.4 Å². The predicted octanol–water partition coefficient (Wildman–Crippen LogP) is 1.32. The normalized spacial score (nSPS) is 18.1. The van der Waals surface area contributed by atoms with Crippen LogP contribution in [-0.2, 0) is 11.3 Å². The van der Waals surface area contributed by atoms with Gasteiger partial charge in [0.05, 0.1) is 7.11 Å². The molecular formula is C10H14N2O2S. The zero-order valence-electron chi connectivity index (χ0n) is 8.73. The average Bonchev–Trinajstić information content (AvgIpc) is 2.69. The van der Waals surface area contributed by atoms with Gasteiger partial charge in [-0.2, -0.15) is 4.37 Å². The SMILES string of the molecule is COc1cc(CN2CCC(=O)CC2)sn1. The van der Waals surface area contributed by atoms with Crippen LogP contribution in [0.15, 0.2) is 6.07 Å². The van der Waals surface area contributed by atoms with Gasteiger partial charge in [-0.1, -0.05) is 0 Å². The molecule has 4 nitrogen and oxygen atoms in total. The van der Waals surface area contributed by atoms with Crippen molar-refractivity contribution < 1.29 is 9.53 Å². The Morgan fingerprint density at radius 3 is 2.87 bits per heavy atom. The third kappa shape index (κ3) is 2.76. The van der Waals surface area contributed by atoms with Crippen LogP contribution in [0.25, 0.3) is 0 Å². The van der Waals surface area contributed by atoms with Crippen LogP contribution in [0, 0.1) is 0 Å². The largest absolute Gasteiger partial charge is 0.480 e. The summed E-state index contributed by atoms with van der Waals surface area (Å²) in [6.45, 7) is 2.63. The Morgan fingerprint density at radius 2 is 2.27 bits per heavy atom. The molecule has 2 rings (SSSR count). The van der Waals surface area contributed by atoms with Gasteiger partial charge in [-0.3, -0.25) is 9.69 Å². The van der Waals surface area contributed by atoms with Crippen LogP contribution >= 0.6 is 11.5 Å². The van der Waals surface area contributed by atoms with Crippen molar-refractivity contribution in [3.8, 4) is 5.88 Å². The van der Waals surface area contributed by atoms with Crippen molar-refractivity contribution in [3.63, 3.8) is 0 Å². The second kappa shape index (κ2) is 4.72. The standard InChI is InChI=1S/C10H14N2O2S/c1-14-10-6-9(15-11-10)7-12-4-2-8(13)3-5-12/h6H,2-5,7H2,1H3. The van der Waals surface area contributed by atoms with Gasteiger partial charge in [0.15, 0.2) is 0 Å². The maximum atomic E-state index is 11.1. The van der Waals surface area contributed by atoms with Gasteiger partial charge in [-0.15, -0.1) is 0 Å². The van der Waals surface area contributed by atoms with Gasteiger partial charge in [0, 0.05) is 43.4 Å². The summed E-state index contributed by atoms with van der Waals surface area (Å²) < 4.78 is 9.17. The molecular weight excluding hydrogens is 212 g/mol. The Kier molecular flexibility index (Phi) is 3.33. The minimum absolute atomic E-state index is 0.383. The van der Waals surface area contributed by atoms with Gasteiger partial charge in [0.25, 0.3) is 0 Å². The molecule has 1 aliphatic rings. The lowest BCUT2D eigenvalue weighted by atomic mass is 10.1. The number of rotatable bonds is 3. The van der Waals surface area contributed by atoms with E-state index in [4.69, 9.17) is 4.74 Å². The summed E-state index contributed by atoms with van der Waals surface area (Å²) in [5, 5.41) is 0. The molecule has 0 spiro atoms. The van der Waals surface area contributed by atoms with E-state index in [9.17, 15) is 4.79 Å². The van der Waals surface area contributed by atoms with Crippen molar-refractivity contribution in [1.82, 2.24) is 9.27 Å². The molecule has 1 aromatic rings. The monoisotopic (exact) mass is 226 g/mol. The fourth-order valence-electron chi connectivity index (χ4n) is 1.65. The van der Waals surface area contributed by atoms with E-state index in [0.29, 0.717) is 24.5 Å². The molecule has 0 amide bonds. The number of ketones is 1. The van der Waals surface area contributed by atoms with Crippen molar-refractivity contribution >= 4 is 17.3 Å². The fraction of sp³-hybridized carbons (Fsp3) is 0.600. The molecule has 82 valence electrons. The van der Waals surface area contributed by atoms with Crippen molar-refractivity contribution in [3.05, 3.63) is 10.9 Å². The summed E-state index contributed by atoms with van der Waals surface area (Å²) in [5.74, 6) is 1.07. The summed E-state index contributed by atoms with van der Waals surface area (Å²) in [5.41, 5.74) is 0. The summed E-state index contributed by atoms with van der Waals surface area (Å²) in [4.78, 5) is 14.5. The highest BCUT2D eigenvalue weighted by Gasteiger charge is 2.16. The van der Waals surface area contributed by atoms with E-state index < -0.39 is 0 Å². The lowest BCUT2D eigenvalue weighted by molar-refractivity contribution is -0.121. The number of nitrogens with zero attached hydrogens (tertiary/aromatic N) is 2. The van der Waals surface area contributed by atoms with Gasteiger partial charge in [-0.05, 0) is 11.5 Å². The lowest BCUT2D eigenvalue weighted by Crippen LogP contribution is -2.32. The van der Waals surface area contributed by atoms with Gasteiger partial charge in [0.1, 0.15) is 5.78 Å². The van der Waals surface area contributed by atoms with Gasteiger partial charge >= 0.3 is 0 Å². The molecule has 0 bridgehead atoms. The van der Waals surface area contributed by atoms with Crippen LogP contribution in [0.2, 0.25) is 0 Å². The van der Waals surface area contributed by atoms with E-state index in [-0.39, 0.29) is 0 Å². The fourth-order valence-corrected chi connectivity index (χ4v) is 2.37. The molecule has 0 atom stereocenters. The molecule has 0 aliphatic carbocycles. The number of methoxy groups -OCH3 is 1. The Balaban J connectivity index is 1.88. The third-order valence-corrected chi connectivity index (χ3v) is 3.29. The third-order valence-electron chi connectivity index (χ3n) is 2.54. The average molecular weight is 226 g/mol. The summed E-state index contributed by atoms with van der Waals surface area (Å²) in [6.07, 6.45) is 1.38. The molecule has 0 unspecified atom stereocenters. The van der Waals surface area contributed by atoms with E-state index in [1.165, 1.54) is 16.4 Å². The summed E-state index contributed by atoms with van der Waals surface area (Å²) in [7, 11) is 1.62. The Bertz CT molecular complexity index is 341. The highest BCUT2D eigenvalue weighted by atomic mass is 32.1. The molecule has 15 heavy (non-hydrogen) atoms. The van der Waals surface area contributed by atoms with Crippen LogP contribution in [0.4, 0.5) is 0 Å². The number of Topliss-reactive ketones (excluding diaryl/α,β-unsaturated/α-hetero) is 1. The predicted molar refractivity (Wildman–Crippen MR) is 58.2 cm³/mol. The molecule has 1 aromatic heterocycles. The van der Waals surface area contributed by atoms with Gasteiger partial charge in [0.2, 0.25) is 5.88 Å². The number of carbonyl (C=O) groups is 1. The second-order valence-electron chi connectivity index (χ2n) is 3.65. The first-order chi connectivity index (χ1) is 7.28. The molecule has 1 saturated heterocycles. The quantitative estimate of drug-likeness (QED) is 0.779. The van der Waals surface area contributed by atoms with Crippen molar-refractivity contribution in [2.45, 2.75) is 19.4 Å². The zero-order valence-corrected chi connectivity index (χ0v) is 9.55. The van der Waals surface area contributed by atoms with Gasteiger partial charge < -0.3 is 4.74 Å². The molecule has 5 heteroatoms. The number of piperidine rings is 1. The molecule has 1 aliphatic heterocycles. The Labute approximate surface area is 93.0 Å². The number of carbonyl (C=O) groups excluding carboxylic acids is 1. The first kappa shape index (κ1) is 10.6. The molecule has 0 saturated carbocycles. The summed E-state index contributed by atoms with van der Waals surface area (Å²) in [6, 6.07) is 1.96. The van der Waals surface area contributed by atoms with E-state index in [2.05, 4.69) is 9.27 Å². The Hall–Kier alpha value is -0.940. The number of aromatic nitrogens is 1. The van der Waals surface area contributed by atoms with E-state index >= 15 is 0 Å². The maximum absolute atomic E-state index is 11.1. The number of ether oxygens (including phenoxy) is 1. The van der Waals surface area contributed by atoms with Crippen LogP contribution in [0.3, 0.4) is 0 Å². The van der Waals surface area contributed by atoms with Crippen LogP contribution in [0.5, 0.6) is 5.88 Å². The van der Waals surface area contributed by atoms with Crippen molar-refractivity contribution in [2.24, 2.45) is 0 Å². The first-order valence-electron chi connectivity index (χ1n) is 5.01. The van der Waals surface area contributed by atoms with Crippen LogP contribution < -0.4 is 4.74 Å². The van der Waals surface area contributed by atoms with E-state index in [1.807, 2.05) is 6.07 Å². The highest BCUT2D eigenvalue weighted by Crippen LogP contribution is 2.19. The van der Waals surface area contributed by atoms with Crippen molar-refractivity contribution in [2.75, 3.05) is 20.2 Å². The van der Waals surface area contributed by atoms with E-state index in [1.54, 1.807) is 7.11 Å². The zero-order chi connectivity index (χ0) is 10.7. The Morgan fingerprint density at radius 1 is 1.53 bits per heavy atom. The minimum Gasteiger partial charge on any atom is -0.480 e. The van der Waals surface area contributed by atoms with Gasteiger partial charge in [-0.25, -0.2) is 0 Å². The maximum Gasteiger partial charge on any atom is 0.225 e. The highest BCUT2D eigenvalue weighted by molar-refractivity contribution is 7.05. The molecule has 2 heterocycles. The van der Waals surface area contributed by atoms with Crippen LogP contribution in [-0.4, -0.2) is 35.3 Å². The van der Waals surface area contributed by atoms with Crippen molar-refractivity contribution in [1.29, 1.82) is 0 Å².